The lowest BCUT2D eigenvalue weighted by molar-refractivity contribution is -0.384. The fourth-order valence-electron chi connectivity index (χ4n) is 2.40. The highest BCUT2D eigenvalue weighted by Gasteiger charge is 2.14. The highest BCUT2D eigenvalue weighted by atomic mass is 32.1. The summed E-state index contributed by atoms with van der Waals surface area (Å²) in [5.74, 6) is -0.281. The van der Waals surface area contributed by atoms with Crippen LogP contribution in [0.15, 0.2) is 53.6 Å². The van der Waals surface area contributed by atoms with Crippen LogP contribution in [0.1, 0.15) is 20.9 Å². The second-order valence-corrected chi connectivity index (χ2v) is 7.03. The second kappa shape index (κ2) is 10.0. The average Bonchev–Trinajstić information content (AvgIpc) is 3.20. The Hall–Kier alpha value is -4.19. The van der Waals surface area contributed by atoms with E-state index in [2.05, 4.69) is 26.0 Å². The zero-order valence-corrected chi connectivity index (χ0v) is 17.0. The molecule has 158 valence electrons. The van der Waals surface area contributed by atoms with Crippen molar-refractivity contribution in [2.24, 2.45) is 5.10 Å². The topological polar surface area (TPSA) is 149 Å². The van der Waals surface area contributed by atoms with Crippen molar-refractivity contribution in [3.8, 4) is 5.75 Å². The Kier molecular flexibility index (Phi) is 6.96. The van der Waals surface area contributed by atoms with Crippen molar-refractivity contribution in [1.82, 2.24) is 15.6 Å². The molecule has 0 aliphatic heterocycles. The van der Waals surface area contributed by atoms with Gasteiger partial charge in [-0.3, -0.25) is 25.0 Å². The fraction of sp³-hybridized carbons (Fsp3) is 0.105. The molecule has 1 aromatic heterocycles. The van der Waals surface area contributed by atoms with E-state index in [4.69, 9.17) is 4.74 Å². The van der Waals surface area contributed by atoms with Gasteiger partial charge in [-0.2, -0.15) is 5.10 Å². The van der Waals surface area contributed by atoms with Crippen LogP contribution in [0, 0.1) is 10.1 Å². The highest BCUT2D eigenvalue weighted by Crippen LogP contribution is 2.18. The smallest absolute Gasteiger partial charge is 0.269 e. The molecule has 0 atom stereocenters. The lowest BCUT2D eigenvalue weighted by Crippen LogP contribution is -2.19. The van der Waals surface area contributed by atoms with Gasteiger partial charge < -0.3 is 4.74 Å². The summed E-state index contributed by atoms with van der Waals surface area (Å²) in [7, 11) is 1.54. The van der Waals surface area contributed by atoms with Crippen LogP contribution in [0.25, 0.3) is 0 Å². The van der Waals surface area contributed by atoms with Gasteiger partial charge in [-0.25, -0.2) is 5.43 Å². The molecule has 0 saturated heterocycles. The summed E-state index contributed by atoms with van der Waals surface area (Å²) in [6.45, 7) is 0. The highest BCUT2D eigenvalue weighted by molar-refractivity contribution is 7.15. The van der Waals surface area contributed by atoms with E-state index in [0.29, 0.717) is 16.3 Å². The number of ether oxygens (including phenoxy) is 1. The van der Waals surface area contributed by atoms with Gasteiger partial charge in [0.15, 0.2) is 0 Å². The van der Waals surface area contributed by atoms with Crippen LogP contribution in [0.3, 0.4) is 0 Å². The molecule has 1 heterocycles. The van der Waals surface area contributed by atoms with E-state index in [9.17, 15) is 19.7 Å². The van der Waals surface area contributed by atoms with E-state index < -0.39 is 16.7 Å². The number of rotatable bonds is 8. The first-order chi connectivity index (χ1) is 15.0. The summed E-state index contributed by atoms with van der Waals surface area (Å²) in [6.07, 6.45) is 1.39. The van der Waals surface area contributed by atoms with Crippen LogP contribution in [-0.2, 0) is 11.2 Å². The number of nitrogens with zero attached hydrogens (tertiary/aromatic N) is 4. The maximum Gasteiger partial charge on any atom is 0.269 e. The van der Waals surface area contributed by atoms with Gasteiger partial charge in [0, 0.05) is 23.3 Å². The first-order valence-corrected chi connectivity index (χ1v) is 9.61. The number of amides is 2. The largest absolute Gasteiger partial charge is 0.496 e. The molecule has 3 aromatic rings. The normalized spacial score (nSPS) is 10.6. The maximum absolute atomic E-state index is 12.2. The van der Waals surface area contributed by atoms with Gasteiger partial charge in [0.1, 0.15) is 10.8 Å². The molecule has 0 saturated carbocycles. The zero-order chi connectivity index (χ0) is 22.2. The number of hydrogen-bond donors (Lipinski definition) is 2. The molecule has 11 nitrogen and oxygen atoms in total. The molecule has 2 aromatic carbocycles. The molecule has 2 N–H and O–H groups in total. The number of benzene rings is 2. The Morgan fingerprint density at radius 2 is 1.94 bits per heavy atom. The number of nitro groups is 1. The van der Waals surface area contributed by atoms with Crippen LogP contribution in [-0.4, -0.2) is 40.3 Å². The molecule has 0 unspecified atom stereocenters. The minimum absolute atomic E-state index is 0.0751. The van der Waals surface area contributed by atoms with E-state index in [1.54, 1.807) is 19.2 Å². The second-order valence-electron chi connectivity index (χ2n) is 5.97. The summed E-state index contributed by atoms with van der Waals surface area (Å²) in [6, 6.07) is 12.3. The summed E-state index contributed by atoms with van der Waals surface area (Å²) < 4.78 is 5.20. The van der Waals surface area contributed by atoms with E-state index in [0.717, 1.165) is 11.3 Å². The van der Waals surface area contributed by atoms with Crippen LogP contribution >= 0.6 is 11.3 Å². The number of aromatic nitrogens is 2. The number of non-ortho nitro benzene ring substituents is 1. The monoisotopic (exact) mass is 440 g/mol. The zero-order valence-electron chi connectivity index (χ0n) is 16.1. The van der Waals surface area contributed by atoms with Crippen molar-refractivity contribution in [3.05, 3.63) is 74.8 Å². The number of nitrogens with one attached hydrogen (secondary N) is 2. The average molecular weight is 440 g/mol. The predicted octanol–water partition coefficient (Wildman–Crippen LogP) is 2.40. The molecule has 2 amide bonds. The van der Waals surface area contributed by atoms with Gasteiger partial charge in [-0.15, -0.1) is 10.2 Å². The summed E-state index contributed by atoms with van der Waals surface area (Å²) in [5, 5.41) is 25.4. The Bertz CT molecular complexity index is 1130. The standard InChI is InChI=1S/C19H16N6O5S/c1-30-15-5-3-2-4-13(15)11-20-22-16(26)10-17-23-24-19(31-17)21-18(27)12-6-8-14(9-7-12)25(28)29/h2-9,11H,10H2,1H3,(H,22,26)(H,21,24,27)/b20-11+. The maximum atomic E-state index is 12.2. The van der Waals surface area contributed by atoms with Crippen LogP contribution in [0.2, 0.25) is 0 Å². The fourth-order valence-corrected chi connectivity index (χ4v) is 3.14. The van der Waals surface area contributed by atoms with Crippen LogP contribution in [0.4, 0.5) is 10.8 Å². The molecule has 0 aliphatic rings. The third-order valence-corrected chi connectivity index (χ3v) is 4.71. The van der Waals surface area contributed by atoms with E-state index >= 15 is 0 Å². The Labute approximate surface area is 179 Å². The Balaban J connectivity index is 1.53. The molecule has 0 bridgehead atoms. The van der Waals surface area contributed by atoms with Gasteiger partial charge in [0.2, 0.25) is 11.0 Å². The van der Waals surface area contributed by atoms with Crippen LogP contribution in [0.5, 0.6) is 5.75 Å². The number of para-hydroxylation sites is 1. The van der Waals surface area contributed by atoms with Crippen molar-refractivity contribution < 1.29 is 19.2 Å². The van der Waals surface area contributed by atoms with Crippen molar-refractivity contribution >= 4 is 40.2 Å². The van der Waals surface area contributed by atoms with Crippen molar-refractivity contribution in [2.45, 2.75) is 6.42 Å². The van der Waals surface area contributed by atoms with Gasteiger partial charge in [-0.1, -0.05) is 23.5 Å². The van der Waals surface area contributed by atoms with Gasteiger partial charge >= 0.3 is 0 Å². The lowest BCUT2D eigenvalue weighted by atomic mass is 10.2. The van der Waals surface area contributed by atoms with Crippen molar-refractivity contribution in [1.29, 1.82) is 0 Å². The molecule has 0 radical (unpaired) electrons. The minimum atomic E-state index is -0.551. The first kappa shape index (κ1) is 21.5. The number of anilines is 1. The number of carbonyl (C=O) groups is 2. The molecule has 0 spiro atoms. The molecule has 12 heteroatoms. The number of hydrogen-bond acceptors (Lipinski definition) is 9. The molecule has 0 aliphatic carbocycles. The quantitative estimate of drug-likeness (QED) is 0.310. The third kappa shape index (κ3) is 5.90. The van der Waals surface area contributed by atoms with E-state index in [1.165, 1.54) is 30.5 Å². The molecule has 31 heavy (non-hydrogen) atoms. The number of methoxy groups -OCH3 is 1. The SMILES string of the molecule is COc1ccccc1/C=N/NC(=O)Cc1nnc(NC(=O)c2ccc([N+](=O)[O-])cc2)s1. The van der Waals surface area contributed by atoms with Crippen molar-refractivity contribution in [3.63, 3.8) is 0 Å². The summed E-state index contributed by atoms with van der Waals surface area (Å²) in [5.41, 5.74) is 3.21. The Morgan fingerprint density at radius 3 is 2.65 bits per heavy atom. The third-order valence-electron chi connectivity index (χ3n) is 3.87. The predicted molar refractivity (Wildman–Crippen MR) is 113 cm³/mol. The van der Waals surface area contributed by atoms with Crippen molar-refractivity contribution in [2.75, 3.05) is 12.4 Å². The van der Waals surface area contributed by atoms with Crippen LogP contribution < -0.4 is 15.5 Å². The lowest BCUT2D eigenvalue weighted by Gasteiger charge is -2.02. The van der Waals surface area contributed by atoms with Gasteiger partial charge in [0.25, 0.3) is 11.6 Å². The summed E-state index contributed by atoms with van der Waals surface area (Å²) in [4.78, 5) is 34.4. The van der Waals surface area contributed by atoms with Gasteiger partial charge in [-0.05, 0) is 24.3 Å². The summed E-state index contributed by atoms with van der Waals surface area (Å²) >= 11 is 1.03. The number of hydrazone groups is 1. The first-order valence-electron chi connectivity index (χ1n) is 8.79. The molecule has 0 fully saturated rings. The minimum Gasteiger partial charge on any atom is -0.496 e. The number of nitro benzene ring substituents is 1. The molecular formula is C19H16N6O5S. The molecule has 3 rings (SSSR count). The molecular weight excluding hydrogens is 424 g/mol. The van der Waals surface area contributed by atoms with Gasteiger partial charge in [0.05, 0.1) is 24.7 Å². The van der Waals surface area contributed by atoms with E-state index in [-0.39, 0.29) is 22.8 Å². The van der Waals surface area contributed by atoms with E-state index in [1.807, 2.05) is 12.1 Å². The Morgan fingerprint density at radius 1 is 1.19 bits per heavy atom. The number of carbonyl (C=O) groups excluding carboxylic acids is 2.